The Morgan fingerprint density at radius 1 is 0.789 bits per heavy atom. The van der Waals surface area contributed by atoms with E-state index in [9.17, 15) is 0 Å². The van der Waals surface area contributed by atoms with Gasteiger partial charge in [-0.25, -0.2) is 4.98 Å². The first-order valence-corrected chi connectivity index (χ1v) is 14.2. The molecule has 0 spiro atoms. The summed E-state index contributed by atoms with van der Waals surface area (Å²) in [6.07, 6.45) is 12.6. The van der Waals surface area contributed by atoms with E-state index in [0.717, 1.165) is 30.2 Å². The van der Waals surface area contributed by atoms with E-state index >= 15 is 0 Å². The van der Waals surface area contributed by atoms with Gasteiger partial charge in [0.25, 0.3) is 0 Å². The molecule has 1 unspecified atom stereocenters. The molecule has 1 saturated carbocycles. The van der Waals surface area contributed by atoms with E-state index in [1.54, 1.807) is 0 Å². The average molecular weight is 505 g/mol. The van der Waals surface area contributed by atoms with Gasteiger partial charge < -0.3 is 15.6 Å². The molecule has 7 rings (SSSR count). The monoisotopic (exact) mass is 504 g/mol. The van der Waals surface area contributed by atoms with E-state index < -0.39 is 0 Å². The van der Waals surface area contributed by atoms with Crippen molar-refractivity contribution in [3.05, 3.63) is 84.1 Å². The molecule has 2 aromatic heterocycles. The molecule has 2 atom stereocenters. The van der Waals surface area contributed by atoms with Crippen LogP contribution in [-0.4, -0.2) is 38.4 Å². The third-order valence-corrected chi connectivity index (χ3v) is 8.82. The Morgan fingerprint density at radius 3 is 2.16 bits per heavy atom. The Labute approximate surface area is 224 Å². The van der Waals surface area contributed by atoms with Crippen molar-refractivity contribution in [2.45, 2.75) is 62.9 Å². The minimum atomic E-state index is 0.418. The molecule has 2 fully saturated rings. The van der Waals surface area contributed by atoms with Gasteiger partial charge >= 0.3 is 0 Å². The molecule has 6 heteroatoms. The number of aromatic amines is 1. The number of benzene rings is 2. The van der Waals surface area contributed by atoms with Crippen LogP contribution in [0.4, 0.5) is 0 Å². The standard InChI is InChI=1S/C32H36N6/c1-38-30(16-18-35-38)31-26(19-28(36-31)27-7-4-17-33-27)23-12-8-21(9-13-23)22-10-14-24(15-11-22)29-20-34-32(37-29)25-5-2-3-6-25/h8-16,18,20,25,27-28,33,36H,2-7,17,19H2,1H3,(H,34,37)/t27-,28?/m0/s1. The molecular formula is C32H36N6. The fraction of sp³-hybridized carbons (Fsp3) is 0.375. The number of nitrogens with one attached hydrogen (secondary N) is 3. The van der Waals surface area contributed by atoms with Gasteiger partial charge in [-0.1, -0.05) is 61.4 Å². The second kappa shape index (κ2) is 9.91. The molecule has 0 amide bonds. The molecule has 3 N–H and O–H groups in total. The Hall–Kier alpha value is -3.64. The van der Waals surface area contributed by atoms with E-state index in [1.807, 2.05) is 24.1 Å². The van der Waals surface area contributed by atoms with Crippen molar-refractivity contribution in [1.82, 2.24) is 30.4 Å². The number of imidazole rings is 1. The summed E-state index contributed by atoms with van der Waals surface area (Å²) in [5, 5.41) is 12.0. The summed E-state index contributed by atoms with van der Waals surface area (Å²) in [5.41, 5.74) is 9.80. The van der Waals surface area contributed by atoms with Crippen LogP contribution in [0, 0.1) is 0 Å². The molecule has 3 aliphatic rings. The lowest BCUT2D eigenvalue weighted by molar-refractivity contribution is 0.463. The van der Waals surface area contributed by atoms with Crippen molar-refractivity contribution in [1.29, 1.82) is 0 Å². The van der Waals surface area contributed by atoms with Gasteiger partial charge in [0.15, 0.2) is 0 Å². The molecule has 2 aromatic carbocycles. The molecular weight excluding hydrogens is 468 g/mol. The largest absolute Gasteiger partial charge is 0.378 e. The molecule has 4 heterocycles. The summed E-state index contributed by atoms with van der Waals surface area (Å²) in [6.45, 7) is 1.12. The van der Waals surface area contributed by atoms with Crippen LogP contribution < -0.4 is 10.6 Å². The highest BCUT2D eigenvalue weighted by atomic mass is 15.3. The van der Waals surface area contributed by atoms with Crippen LogP contribution in [0.3, 0.4) is 0 Å². The van der Waals surface area contributed by atoms with E-state index in [4.69, 9.17) is 0 Å². The van der Waals surface area contributed by atoms with Crippen molar-refractivity contribution in [2.24, 2.45) is 7.05 Å². The van der Waals surface area contributed by atoms with Crippen LogP contribution >= 0.6 is 0 Å². The third kappa shape index (κ3) is 4.37. The molecule has 194 valence electrons. The zero-order chi connectivity index (χ0) is 25.5. The number of aryl methyl sites for hydroxylation is 1. The predicted octanol–water partition coefficient (Wildman–Crippen LogP) is 6.12. The number of aromatic nitrogens is 4. The van der Waals surface area contributed by atoms with Gasteiger partial charge in [-0.15, -0.1) is 0 Å². The van der Waals surface area contributed by atoms with Crippen LogP contribution in [0.1, 0.15) is 67.9 Å². The lowest BCUT2D eigenvalue weighted by Crippen LogP contribution is -2.41. The predicted molar refractivity (Wildman–Crippen MR) is 153 cm³/mol. The molecule has 0 bridgehead atoms. The topological polar surface area (TPSA) is 70.6 Å². The third-order valence-electron chi connectivity index (χ3n) is 8.82. The zero-order valence-electron chi connectivity index (χ0n) is 22.1. The average Bonchev–Trinajstić information content (AvgIpc) is 3.79. The zero-order valence-corrected chi connectivity index (χ0v) is 22.1. The fourth-order valence-electron chi connectivity index (χ4n) is 6.65. The molecule has 0 radical (unpaired) electrons. The Kier molecular flexibility index (Phi) is 6.12. The maximum Gasteiger partial charge on any atom is 0.109 e. The highest BCUT2D eigenvalue weighted by Gasteiger charge is 2.33. The smallest absolute Gasteiger partial charge is 0.109 e. The van der Waals surface area contributed by atoms with Crippen molar-refractivity contribution in [2.75, 3.05) is 6.54 Å². The van der Waals surface area contributed by atoms with E-state index in [-0.39, 0.29) is 0 Å². The van der Waals surface area contributed by atoms with Crippen LogP contribution in [0.15, 0.2) is 67.0 Å². The second-order valence-electron chi connectivity index (χ2n) is 11.2. The van der Waals surface area contributed by atoms with Gasteiger partial charge in [0.05, 0.1) is 23.3 Å². The summed E-state index contributed by atoms with van der Waals surface area (Å²) in [7, 11) is 2.02. The maximum absolute atomic E-state index is 4.69. The summed E-state index contributed by atoms with van der Waals surface area (Å²) in [6, 6.07) is 21.0. The van der Waals surface area contributed by atoms with Gasteiger partial charge in [0.2, 0.25) is 0 Å². The van der Waals surface area contributed by atoms with Gasteiger partial charge in [-0.2, -0.15) is 5.10 Å². The molecule has 1 aliphatic carbocycles. The number of rotatable bonds is 6. The number of nitrogens with zero attached hydrogens (tertiary/aromatic N) is 3. The summed E-state index contributed by atoms with van der Waals surface area (Å²) in [4.78, 5) is 8.27. The summed E-state index contributed by atoms with van der Waals surface area (Å²) >= 11 is 0. The molecule has 38 heavy (non-hydrogen) atoms. The lowest BCUT2D eigenvalue weighted by atomic mass is 9.94. The Bertz CT molecular complexity index is 1430. The van der Waals surface area contributed by atoms with Crippen LogP contribution in [0.2, 0.25) is 0 Å². The first-order chi connectivity index (χ1) is 18.7. The van der Waals surface area contributed by atoms with E-state index in [2.05, 4.69) is 80.3 Å². The lowest BCUT2D eigenvalue weighted by Gasteiger charge is -2.20. The van der Waals surface area contributed by atoms with Gasteiger partial charge in [-0.05, 0) is 72.5 Å². The summed E-state index contributed by atoms with van der Waals surface area (Å²) < 4.78 is 1.97. The van der Waals surface area contributed by atoms with Gasteiger partial charge in [-0.3, -0.25) is 4.68 Å². The van der Waals surface area contributed by atoms with Crippen LogP contribution in [0.5, 0.6) is 0 Å². The van der Waals surface area contributed by atoms with Gasteiger partial charge in [0, 0.05) is 31.2 Å². The minimum absolute atomic E-state index is 0.418. The van der Waals surface area contributed by atoms with Crippen molar-refractivity contribution in [3.8, 4) is 22.4 Å². The van der Waals surface area contributed by atoms with Crippen molar-refractivity contribution < 1.29 is 0 Å². The van der Waals surface area contributed by atoms with E-state index in [0.29, 0.717) is 18.0 Å². The normalized spacial score (nSPS) is 21.9. The fourth-order valence-corrected chi connectivity index (χ4v) is 6.65. The number of hydrogen-bond donors (Lipinski definition) is 3. The molecule has 1 saturated heterocycles. The first-order valence-electron chi connectivity index (χ1n) is 14.2. The van der Waals surface area contributed by atoms with Gasteiger partial charge in [0.1, 0.15) is 5.82 Å². The van der Waals surface area contributed by atoms with E-state index in [1.165, 1.54) is 72.0 Å². The molecule has 4 aromatic rings. The number of H-pyrrole nitrogens is 1. The molecule has 6 nitrogen and oxygen atoms in total. The molecule has 2 aliphatic heterocycles. The highest BCUT2D eigenvalue weighted by Crippen LogP contribution is 2.37. The van der Waals surface area contributed by atoms with Crippen LogP contribution in [0.25, 0.3) is 33.7 Å². The first kappa shape index (κ1) is 23.5. The maximum atomic E-state index is 4.69. The quantitative estimate of drug-likeness (QED) is 0.296. The number of hydrogen-bond acceptors (Lipinski definition) is 4. The SMILES string of the molecule is Cn1nccc1C1=C(c2ccc(-c3ccc(-c4cnc(C5CCCC5)[nH]4)cc3)cc2)CC([C@@H]2CCCN2)N1. The summed E-state index contributed by atoms with van der Waals surface area (Å²) in [5.74, 6) is 1.76. The second-order valence-corrected chi connectivity index (χ2v) is 11.2. The van der Waals surface area contributed by atoms with Crippen molar-refractivity contribution in [3.63, 3.8) is 0 Å². The van der Waals surface area contributed by atoms with Crippen LogP contribution in [-0.2, 0) is 7.05 Å². The highest BCUT2D eigenvalue weighted by molar-refractivity contribution is 5.92. The Balaban J connectivity index is 1.12. The van der Waals surface area contributed by atoms with Crippen molar-refractivity contribution >= 4 is 11.3 Å². The minimum Gasteiger partial charge on any atom is -0.378 e. The Morgan fingerprint density at radius 2 is 1.50 bits per heavy atom.